The first-order chi connectivity index (χ1) is 12.9. The quantitative estimate of drug-likeness (QED) is 0.785. The van der Waals surface area contributed by atoms with Gasteiger partial charge in [0.2, 0.25) is 10.0 Å². The van der Waals surface area contributed by atoms with E-state index in [4.69, 9.17) is 4.42 Å². The van der Waals surface area contributed by atoms with Crippen LogP contribution in [-0.2, 0) is 10.0 Å². The van der Waals surface area contributed by atoms with Gasteiger partial charge < -0.3 is 14.8 Å². The summed E-state index contributed by atoms with van der Waals surface area (Å²) in [6, 6.07) is 7.89. The van der Waals surface area contributed by atoms with Gasteiger partial charge in [-0.25, -0.2) is 8.42 Å². The molecule has 2 aromatic rings. The topological polar surface area (TPSA) is 99.8 Å². The van der Waals surface area contributed by atoms with Gasteiger partial charge in [-0.15, -0.1) is 0 Å². The lowest BCUT2D eigenvalue weighted by Gasteiger charge is -2.26. The standard InChI is InChI=1S/C19H24N2O5S/c1-14-7-8-15(19(23)20-13-16(22)17-6-5-11-26-17)12-18(14)27(24,25)21-9-3-2-4-10-21/h5-8,11-12,16,22H,2-4,9-10,13H2,1H3,(H,20,23). The molecule has 0 aliphatic carbocycles. The SMILES string of the molecule is Cc1ccc(C(=O)NCC(O)c2ccco2)cc1S(=O)(=O)N1CCCCC1. The van der Waals surface area contributed by atoms with Crippen LogP contribution in [0, 0.1) is 6.92 Å². The van der Waals surface area contributed by atoms with Crippen molar-refractivity contribution in [2.24, 2.45) is 0 Å². The largest absolute Gasteiger partial charge is 0.467 e. The Morgan fingerprint density at radius 2 is 2.00 bits per heavy atom. The van der Waals surface area contributed by atoms with E-state index < -0.39 is 22.0 Å². The van der Waals surface area contributed by atoms with Crippen LogP contribution >= 0.6 is 0 Å². The van der Waals surface area contributed by atoms with Gasteiger partial charge in [-0.05, 0) is 49.6 Å². The van der Waals surface area contributed by atoms with Crippen molar-refractivity contribution in [2.45, 2.75) is 37.2 Å². The Bertz CT molecular complexity index is 887. The molecule has 1 fully saturated rings. The Hall–Kier alpha value is -2.16. The van der Waals surface area contributed by atoms with Gasteiger partial charge in [-0.2, -0.15) is 4.31 Å². The van der Waals surface area contributed by atoms with Crippen molar-refractivity contribution in [3.63, 3.8) is 0 Å². The van der Waals surface area contributed by atoms with E-state index >= 15 is 0 Å². The van der Waals surface area contributed by atoms with Crippen LogP contribution in [0.1, 0.15) is 47.0 Å². The molecule has 0 bridgehead atoms. The van der Waals surface area contributed by atoms with Crippen molar-refractivity contribution in [2.75, 3.05) is 19.6 Å². The molecule has 1 unspecified atom stereocenters. The summed E-state index contributed by atoms with van der Waals surface area (Å²) in [6.45, 7) is 2.70. The number of aliphatic hydroxyl groups excluding tert-OH is 1. The summed E-state index contributed by atoms with van der Waals surface area (Å²) in [4.78, 5) is 12.6. The van der Waals surface area contributed by atoms with Gasteiger partial charge >= 0.3 is 0 Å². The highest BCUT2D eigenvalue weighted by molar-refractivity contribution is 7.89. The molecule has 0 saturated carbocycles. The molecule has 1 atom stereocenters. The summed E-state index contributed by atoms with van der Waals surface area (Å²) in [5, 5.41) is 12.6. The van der Waals surface area contributed by atoms with Gasteiger partial charge in [0.25, 0.3) is 5.91 Å². The molecule has 1 aliphatic rings. The maximum Gasteiger partial charge on any atom is 0.251 e. The monoisotopic (exact) mass is 392 g/mol. The zero-order valence-electron chi connectivity index (χ0n) is 15.2. The van der Waals surface area contributed by atoms with Crippen LogP contribution in [-0.4, -0.2) is 43.4 Å². The first kappa shape index (κ1) is 19.6. The third kappa shape index (κ3) is 4.40. The highest BCUT2D eigenvalue weighted by Crippen LogP contribution is 2.24. The molecule has 1 aromatic carbocycles. The number of nitrogens with zero attached hydrogens (tertiary/aromatic N) is 1. The van der Waals surface area contributed by atoms with Crippen LogP contribution in [0.2, 0.25) is 0 Å². The average molecular weight is 392 g/mol. The van der Waals surface area contributed by atoms with Crippen LogP contribution in [0.4, 0.5) is 0 Å². The minimum Gasteiger partial charge on any atom is -0.467 e. The molecule has 8 heteroatoms. The number of hydrogen-bond acceptors (Lipinski definition) is 5. The molecule has 1 amide bonds. The number of rotatable bonds is 6. The lowest BCUT2D eigenvalue weighted by Crippen LogP contribution is -2.36. The second-order valence-corrected chi connectivity index (χ2v) is 8.59. The third-order valence-corrected chi connectivity index (χ3v) is 6.75. The minimum atomic E-state index is -3.63. The molecule has 1 aromatic heterocycles. The molecule has 3 rings (SSSR count). The first-order valence-electron chi connectivity index (χ1n) is 9.00. The molecule has 1 saturated heterocycles. The maximum atomic E-state index is 12.9. The zero-order valence-corrected chi connectivity index (χ0v) is 16.0. The van der Waals surface area contributed by atoms with Crippen LogP contribution in [0.15, 0.2) is 45.9 Å². The first-order valence-corrected chi connectivity index (χ1v) is 10.4. The van der Waals surface area contributed by atoms with Crippen molar-refractivity contribution in [3.05, 3.63) is 53.5 Å². The Balaban J connectivity index is 1.75. The molecule has 146 valence electrons. The summed E-state index contributed by atoms with van der Waals surface area (Å²) in [5.74, 6) is -0.0942. The smallest absolute Gasteiger partial charge is 0.251 e. The number of carbonyl (C=O) groups excluding carboxylic acids is 1. The number of hydrogen-bond donors (Lipinski definition) is 2. The lowest BCUT2D eigenvalue weighted by molar-refractivity contribution is 0.0901. The van der Waals surface area contributed by atoms with Gasteiger partial charge in [0.05, 0.1) is 17.7 Å². The number of sulfonamides is 1. The van der Waals surface area contributed by atoms with E-state index in [0.29, 0.717) is 24.4 Å². The van der Waals surface area contributed by atoms with Gasteiger partial charge in [0.1, 0.15) is 11.9 Å². The Morgan fingerprint density at radius 3 is 2.67 bits per heavy atom. The normalized spacial score (nSPS) is 16.8. The van der Waals surface area contributed by atoms with Crippen molar-refractivity contribution >= 4 is 15.9 Å². The number of aryl methyl sites for hydroxylation is 1. The number of amides is 1. The van der Waals surface area contributed by atoms with E-state index in [9.17, 15) is 18.3 Å². The average Bonchev–Trinajstić information content (AvgIpc) is 3.21. The van der Waals surface area contributed by atoms with E-state index in [1.807, 2.05) is 0 Å². The summed E-state index contributed by atoms with van der Waals surface area (Å²) in [6.07, 6.45) is 3.21. The molecule has 1 aliphatic heterocycles. The highest BCUT2D eigenvalue weighted by atomic mass is 32.2. The van der Waals surface area contributed by atoms with Crippen molar-refractivity contribution in [3.8, 4) is 0 Å². The van der Waals surface area contributed by atoms with E-state index in [1.165, 1.54) is 16.6 Å². The predicted octanol–water partition coefficient (Wildman–Crippen LogP) is 2.23. The fourth-order valence-corrected chi connectivity index (χ4v) is 4.90. The van der Waals surface area contributed by atoms with Crippen LogP contribution in [0.5, 0.6) is 0 Å². The second-order valence-electron chi connectivity index (χ2n) is 6.69. The molecule has 0 spiro atoms. The summed E-state index contributed by atoms with van der Waals surface area (Å²) >= 11 is 0. The fourth-order valence-electron chi connectivity index (χ4n) is 3.14. The molecule has 7 nitrogen and oxygen atoms in total. The third-order valence-electron chi connectivity index (χ3n) is 4.71. The summed E-state index contributed by atoms with van der Waals surface area (Å²) in [7, 11) is -3.63. The number of aliphatic hydroxyl groups is 1. The fraction of sp³-hybridized carbons (Fsp3) is 0.421. The van der Waals surface area contributed by atoms with Gasteiger partial charge in [0, 0.05) is 18.7 Å². The van der Waals surface area contributed by atoms with Crippen LogP contribution in [0.3, 0.4) is 0 Å². The number of nitrogens with one attached hydrogen (secondary N) is 1. The molecule has 2 heterocycles. The Labute approximate surface area is 159 Å². The second kappa shape index (κ2) is 8.24. The molecular weight excluding hydrogens is 368 g/mol. The summed E-state index contributed by atoms with van der Waals surface area (Å²) < 4.78 is 32.5. The van der Waals surface area contributed by atoms with Gasteiger partial charge in [-0.3, -0.25) is 4.79 Å². The van der Waals surface area contributed by atoms with Crippen LogP contribution in [0.25, 0.3) is 0 Å². The van der Waals surface area contributed by atoms with Crippen molar-refractivity contribution in [1.29, 1.82) is 0 Å². The van der Waals surface area contributed by atoms with E-state index in [1.54, 1.807) is 31.2 Å². The number of carbonyl (C=O) groups is 1. The minimum absolute atomic E-state index is 0.0333. The summed E-state index contributed by atoms with van der Waals surface area (Å²) in [5.41, 5.74) is 0.843. The van der Waals surface area contributed by atoms with Crippen molar-refractivity contribution in [1.82, 2.24) is 9.62 Å². The van der Waals surface area contributed by atoms with Gasteiger partial charge in [0.15, 0.2) is 0 Å². The number of furan rings is 1. The van der Waals surface area contributed by atoms with Gasteiger partial charge in [-0.1, -0.05) is 12.5 Å². The Morgan fingerprint density at radius 1 is 1.26 bits per heavy atom. The van der Waals surface area contributed by atoms with Crippen LogP contribution < -0.4 is 5.32 Å². The van der Waals surface area contributed by atoms with Crippen molar-refractivity contribution < 1.29 is 22.7 Å². The molecule has 2 N–H and O–H groups in total. The molecule has 27 heavy (non-hydrogen) atoms. The maximum absolute atomic E-state index is 12.9. The van der Waals surface area contributed by atoms with E-state index in [2.05, 4.69) is 5.32 Å². The lowest BCUT2D eigenvalue weighted by atomic mass is 10.1. The van der Waals surface area contributed by atoms with E-state index in [0.717, 1.165) is 19.3 Å². The Kier molecular flexibility index (Phi) is 5.98. The number of piperidine rings is 1. The molecule has 0 radical (unpaired) electrons. The molecular formula is C19H24N2O5S. The number of benzene rings is 1. The van der Waals surface area contributed by atoms with E-state index in [-0.39, 0.29) is 17.0 Å². The predicted molar refractivity (Wildman–Crippen MR) is 99.8 cm³/mol. The zero-order chi connectivity index (χ0) is 19.4. The highest BCUT2D eigenvalue weighted by Gasteiger charge is 2.28.